The van der Waals surface area contributed by atoms with Crippen molar-refractivity contribution in [2.75, 3.05) is 17.8 Å². The number of hydrogen-bond donors (Lipinski definition) is 3. The van der Waals surface area contributed by atoms with E-state index in [-0.39, 0.29) is 23.7 Å². The predicted molar refractivity (Wildman–Crippen MR) is 86.8 cm³/mol. The summed E-state index contributed by atoms with van der Waals surface area (Å²) in [5.41, 5.74) is 4.70. The molecule has 12 nitrogen and oxygen atoms in total. The molecule has 0 saturated heterocycles. The van der Waals surface area contributed by atoms with Crippen molar-refractivity contribution in [1.82, 2.24) is 15.4 Å². The zero-order chi connectivity index (χ0) is 18.4. The quantitative estimate of drug-likeness (QED) is 0.489. The van der Waals surface area contributed by atoms with Crippen LogP contribution in [-0.4, -0.2) is 32.8 Å². The summed E-state index contributed by atoms with van der Waals surface area (Å²) in [5, 5.41) is 24.2. The molecule has 1 aromatic heterocycles. The van der Waals surface area contributed by atoms with Crippen LogP contribution >= 0.6 is 0 Å². The van der Waals surface area contributed by atoms with Gasteiger partial charge in [-0.15, -0.1) is 0 Å². The van der Waals surface area contributed by atoms with E-state index in [2.05, 4.69) is 26.1 Å². The topological polar surface area (TPSA) is 165 Å². The van der Waals surface area contributed by atoms with Gasteiger partial charge in [-0.1, -0.05) is 12.1 Å². The summed E-state index contributed by atoms with van der Waals surface area (Å²) in [7, 11) is 1.46. The number of rotatable bonds is 7. The Morgan fingerprint density at radius 3 is 2.28 bits per heavy atom. The van der Waals surface area contributed by atoms with E-state index in [0.717, 1.165) is 6.33 Å². The van der Waals surface area contributed by atoms with Gasteiger partial charge in [0.15, 0.2) is 0 Å². The number of amides is 1. The summed E-state index contributed by atoms with van der Waals surface area (Å²) in [5.74, 6) is -0.693. The Hall–Kier alpha value is -3.83. The van der Waals surface area contributed by atoms with Gasteiger partial charge in [0.05, 0.1) is 16.3 Å². The molecule has 0 unspecified atom stereocenters. The maximum Gasteiger partial charge on any atom is 0.354 e. The zero-order valence-electron chi connectivity index (χ0n) is 12.9. The highest BCUT2D eigenvalue weighted by Crippen LogP contribution is 2.27. The molecule has 2 aromatic rings. The number of nitro groups is 2. The molecule has 0 fully saturated rings. The molecule has 12 heteroatoms. The summed E-state index contributed by atoms with van der Waals surface area (Å²) in [6, 6.07) is 5.46. The summed E-state index contributed by atoms with van der Waals surface area (Å²) in [6.07, 6.45) is 1.02. The van der Waals surface area contributed by atoms with Crippen LogP contribution in [0.3, 0.4) is 0 Å². The van der Waals surface area contributed by atoms with Gasteiger partial charge in [-0.3, -0.25) is 35.9 Å². The number of carbonyl (C=O) groups excluding carboxylic acids is 1. The number of aromatic nitrogens is 2. The van der Waals surface area contributed by atoms with Crippen LogP contribution in [-0.2, 0) is 11.2 Å². The Kier molecular flexibility index (Phi) is 5.35. The van der Waals surface area contributed by atoms with Gasteiger partial charge in [0.1, 0.15) is 6.33 Å². The molecule has 130 valence electrons. The van der Waals surface area contributed by atoms with Gasteiger partial charge >= 0.3 is 5.69 Å². The van der Waals surface area contributed by atoms with Gasteiger partial charge in [0.25, 0.3) is 5.69 Å². The van der Waals surface area contributed by atoms with Gasteiger partial charge in [-0.2, -0.15) is 0 Å². The van der Waals surface area contributed by atoms with Gasteiger partial charge in [0, 0.05) is 19.2 Å². The molecule has 0 radical (unpaired) electrons. The molecule has 0 spiro atoms. The largest absolute Gasteiger partial charge is 0.367 e. The second-order valence-electron chi connectivity index (χ2n) is 4.70. The van der Waals surface area contributed by atoms with E-state index >= 15 is 0 Å². The van der Waals surface area contributed by atoms with Gasteiger partial charge in [-0.05, 0) is 5.56 Å². The fourth-order valence-corrected chi connectivity index (χ4v) is 1.92. The van der Waals surface area contributed by atoms with E-state index in [1.165, 1.54) is 31.3 Å². The lowest BCUT2D eigenvalue weighted by Gasteiger charge is -2.09. The first-order chi connectivity index (χ1) is 11.9. The van der Waals surface area contributed by atoms with Crippen molar-refractivity contribution in [3.05, 3.63) is 56.4 Å². The van der Waals surface area contributed by atoms with Crippen LogP contribution in [0.2, 0.25) is 0 Å². The number of benzene rings is 1. The third-order valence-electron chi connectivity index (χ3n) is 3.07. The molecule has 0 aliphatic heterocycles. The Balaban J connectivity index is 2.03. The fourth-order valence-electron chi connectivity index (χ4n) is 1.92. The van der Waals surface area contributed by atoms with Crippen molar-refractivity contribution < 1.29 is 14.6 Å². The lowest BCUT2D eigenvalue weighted by Crippen LogP contribution is -2.31. The van der Waals surface area contributed by atoms with Crippen LogP contribution in [0.25, 0.3) is 0 Å². The highest BCUT2D eigenvalue weighted by atomic mass is 16.6. The van der Waals surface area contributed by atoms with E-state index in [4.69, 9.17) is 0 Å². The third kappa shape index (κ3) is 4.34. The highest BCUT2D eigenvalue weighted by molar-refractivity contribution is 5.81. The maximum atomic E-state index is 11.9. The Labute approximate surface area is 140 Å². The van der Waals surface area contributed by atoms with E-state index in [1.54, 1.807) is 0 Å². The molecule has 3 N–H and O–H groups in total. The summed E-state index contributed by atoms with van der Waals surface area (Å²) >= 11 is 0. The van der Waals surface area contributed by atoms with Gasteiger partial charge < -0.3 is 5.32 Å². The molecule has 1 aromatic carbocycles. The van der Waals surface area contributed by atoms with Crippen molar-refractivity contribution in [2.45, 2.75) is 6.42 Å². The minimum Gasteiger partial charge on any atom is -0.367 e. The first-order valence-corrected chi connectivity index (χ1v) is 6.87. The van der Waals surface area contributed by atoms with Crippen molar-refractivity contribution >= 4 is 28.9 Å². The number of carbonyl (C=O) groups is 1. The Morgan fingerprint density at radius 2 is 1.72 bits per heavy atom. The van der Waals surface area contributed by atoms with Gasteiger partial charge in [0.2, 0.25) is 17.5 Å². The first-order valence-electron chi connectivity index (χ1n) is 6.87. The molecule has 0 bridgehead atoms. The highest BCUT2D eigenvalue weighted by Gasteiger charge is 2.22. The van der Waals surface area contributed by atoms with Crippen molar-refractivity contribution in [2.24, 2.45) is 0 Å². The Bertz CT molecular complexity index is 809. The van der Waals surface area contributed by atoms with Gasteiger partial charge in [-0.25, -0.2) is 9.97 Å². The van der Waals surface area contributed by atoms with E-state index < -0.39 is 21.4 Å². The second-order valence-corrected chi connectivity index (χ2v) is 4.70. The monoisotopic (exact) mass is 347 g/mol. The molecule has 0 aliphatic rings. The number of non-ortho nitro benzene ring substituents is 1. The van der Waals surface area contributed by atoms with Crippen molar-refractivity contribution in [3.63, 3.8) is 0 Å². The minimum atomic E-state index is -0.684. The van der Waals surface area contributed by atoms with E-state index in [1.807, 2.05) is 0 Å². The number of anilines is 2. The molecule has 0 aliphatic carbocycles. The second kappa shape index (κ2) is 7.63. The average Bonchev–Trinajstić information content (AvgIpc) is 2.59. The third-order valence-corrected chi connectivity index (χ3v) is 3.07. The smallest absolute Gasteiger partial charge is 0.354 e. The lowest BCUT2D eigenvalue weighted by molar-refractivity contribution is -0.384. The molecule has 0 saturated carbocycles. The van der Waals surface area contributed by atoms with Crippen LogP contribution in [0.1, 0.15) is 5.56 Å². The van der Waals surface area contributed by atoms with E-state index in [9.17, 15) is 25.0 Å². The normalized spacial score (nSPS) is 9.96. The number of nitrogens with one attached hydrogen (secondary N) is 3. The maximum absolute atomic E-state index is 11.9. The van der Waals surface area contributed by atoms with Crippen molar-refractivity contribution in [1.29, 1.82) is 0 Å². The van der Waals surface area contributed by atoms with Crippen molar-refractivity contribution in [3.8, 4) is 0 Å². The minimum absolute atomic E-state index is 0.00730. The molecule has 2 rings (SSSR count). The SMILES string of the molecule is CNc1ncnc(NNC(=O)Cc2ccc([N+](=O)[O-])cc2)c1[N+](=O)[O-]. The molecular formula is C13H13N7O5. The van der Waals surface area contributed by atoms with Crippen LogP contribution in [0.5, 0.6) is 0 Å². The summed E-state index contributed by atoms with van der Waals surface area (Å²) in [6.45, 7) is 0. The zero-order valence-corrected chi connectivity index (χ0v) is 12.9. The predicted octanol–water partition coefficient (Wildman–Crippen LogP) is 1.02. The number of nitrogens with zero attached hydrogens (tertiary/aromatic N) is 4. The molecule has 1 amide bonds. The average molecular weight is 347 g/mol. The first kappa shape index (κ1) is 17.5. The van der Waals surface area contributed by atoms with Crippen LogP contribution < -0.4 is 16.2 Å². The van der Waals surface area contributed by atoms with Crippen LogP contribution in [0.4, 0.5) is 23.0 Å². The number of nitro benzene ring substituents is 1. The molecule has 25 heavy (non-hydrogen) atoms. The summed E-state index contributed by atoms with van der Waals surface area (Å²) in [4.78, 5) is 39.8. The van der Waals surface area contributed by atoms with Crippen LogP contribution in [0, 0.1) is 20.2 Å². The molecule has 0 atom stereocenters. The number of hydrogen-bond acceptors (Lipinski definition) is 9. The standard InChI is InChI=1S/C13H13N7O5/c1-14-12-11(20(24)25)13(16-7-15-12)18-17-10(21)6-8-2-4-9(5-3-8)19(22)23/h2-5,7H,6H2,1H3,(H,17,21)(H2,14,15,16,18). The Morgan fingerprint density at radius 1 is 1.08 bits per heavy atom. The van der Waals surface area contributed by atoms with Crippen LogP contribution in [0.15, 0.2) is 30.6 Å². The van der Waals surface area contributed by atoms with E-state index in [0.29, 0.717) is 5.56 Å². The summed E-state index contributed by atoms with van der Waals surface area (Å²) < 4.78 is 0. The fraction of sp³-hybridized carbons (Fsp3) is 0.154. The molecule has 1 heterocycles. The molecular weight excluding hydrogens is 334 g/mol. The number of hydrazine groups is 1. The lowest BCUT2D eigenvalue weighted by atomic mass is 10.1.